The molecule has 58 valence electrons. The first-order valence-corrected chi connectivity index (χ1v) is 3.87. The Balaban J connectivity index is 1.96. The molecule has 2 rings (SSSR count). The van der Waals surface area contributed by atoms with Gasteiger partial charge in [0.15, 0.2) is 0 Å². The second-order valence-corrected chi connectivity index (χ2v) is 3.45. The number of hydrogen-bond acceptors (Lipinski definition) is 3. The standard InChI is InChI=1S/C7H14N2O/c1-6-2-8-3-7(9-6)4-10-5-7/h6,8-9H,2-5H2,1H3. The van der Waals surface area contributed by atoms with Crippen LogP contribution in [0, 0.1) is 0 Å². The molecular weight excluding hydrogens is 128 g/mol. The van der Waals surface area contributed by atoms with E-state index in [1.807, 2.05) is 0 Å². The van der Waals surface area contributed by atoms with Crippen molar-refractivity contribution in [1.82, 2.24) is 10.6 Å². The molecule has 3 nitrogen and oxygen atoms in total. The second-order valence-electron chi connectivity index (χ2n) is 3.45. The highest BCUT2D eigenvalue weighted by Crippen LogP contribution is 2.18. The topological polar surface area (TPSA) is 33.3 Å². The Bertz CT molecular complexity index is 134. The first-order chi connectivity index (χ1) is 4.81. The summed E-state index contributed by atoms with van der Waals surface area (Å²) in [6.07, 6.45) is 0. The molecule has 0 aliphatic carbocycles. The van der Waals surface area contributed by atoms with Crippen LogP contribution in [-0.4, -0.2) is 37.9 Å². The van der Waals surface area contributed by atoms with E-state index in [0.29, 0.717) is 6.04 Å². The molecule has 0 radical (unpaired) electrons. The van der Waals surface area contributed by atoms with Gasteiger partial charge in [0.05, 0.1) is 18.8 Å². The molecule has 1 unspecified atom stereocenters. The molecule has 10 heavy (non-hydrogen) atoms. The van der Waals surface area contributed by atoms with E-state index in [2.05, 4.69) is 17.6 Å². The Hall–Kier alpha value is -0.120. The Morgan fingerprint density at radius 3 is 2.70 bits per heavy atom. The van der Waals surface area contributed by atoms with E-state index in [0.717, 1.165) is 26.3 Å². The SMILES string of the molecule is CC1CNCC2(COC2)N1. The molecule has 2 heterocycles. The maximum Gasteiger partial charge on any atom is 0.0782 e. The summed E-state index contributed by atoms with van der Waals surface area (Å²) in [4.78, 5) is 0. The smallest absolute Gasteiger partial charge is 0.0782 e. The van der Waals surface area contributed by atoms with Crippen molar-refractivity contribution in [2.75, 3.05) is 26.3 Å². The molecule has 3 heteroatoms. The molecule has 0 aromatic heterocycles. The lowest BCUT2D eigenvalue weighted by Gasteiger charge is -2.47. The Morgan fingerprint density at radius 2 is 2.30 bits per heavy atom. The van der Waals surface area contributed by atoms with Crippen LogP contribution in [0.4, 0.5) is 0 Å². The van der Waals surface area contributed by atoms with E-state index in [-0.39, 0.29) is 5.54 Å². The summed E-state index contributed by atoms with van der Waals surface area (Å²) < 4.78 is 5.16. The molecule has 1 spiro atoms. The largest absolute Gasteiger partial charge is 0.377 e. The fourth-order valence-corrected chi connectivity index (χ4v) is 1.69. The van der Waals surface area contributed by atoms with Gasteiger partial charge in [0.1, 0.15) is 0 Å². The van der Waals surface area contributed by atoms with E-state index in [9.17, 15) is 0 Å². The minimum Gasteiger partial charge on any atom is -0.377 e. The summed E-state index contributed by atoms with van der Waals surface area (Å²) in [5, 5.41) is 6.93. The summed E-state index contributed by atoms with van der Waals surface area (Å²) >= 11 is 0. The van der Waals surface area contributed by atoms with Gasteiger partial charge >= 0.3 is 0 Å². The van der Waals surface area contributed by atoms with Crippen molar-refractivity contribution in [3.05, 3.63) is 0 Å². The molecule has 2 aliphatic heterocycles. The van der Waals surface area contributed by atoms with E-state index < -0.39 is 0 Å². The summed E-state index contributed by atoms with van der Waals surface area (Å²) in [6, 6.07) is 0.595. The van der Waals surface area contributed by atoms with Crippen LogP contribution in [-0.2, 0) is 4.74 Å². The van der Waals surface area contributed by atoms with Crippen molar-refractivity contribution in [3.8, 4) is 0 Å². The molecular formula is C7H14N2O. The Morgan fingerprint density at radius 1 is 1.50 bits per heavy atom. The van der Waals surface area contributed by atoms with Crippen molar-refractivity contribution in [2.45, 2.75) is 18.5 Å². The van der Waals surface area contributed by atoms with Crippen LogP contribution >= 0.6 is 0 Å². The predicted octanol–water partition coefficient (Wildman–Crippen LogP) is -0.663. The number of nitrogens with one attached hydrogen (secondary N) is 2. The van der Waals surface area contributed by atoms with Crippen LogP contribution < -0.4 is 10.6 Å². The first-order valence-electron chi connectivity index (χ1n) is 3.87. The van der Waals surface area contributed by atoms with Crippen LogP contribution in [0.3, 0.4) is 0 Å². The molecule has 2 fully saturated rings. The zero-order valence-corrected chi connectivity index (χ0v) is 6.31. The van der Waals surface area contributed by atoms with Crippen LogP contribution in [0.5, 0.6) is 0 Å². The quantitative estimate of drug-likeness (QED) is 0.471. The van der Waals surface area contributed by atoms with Crippen molar-refractivity contribution in [3.63, 3.8) is 0 Å². The zero-order chi connectivity index (χ0) is 7.03. The van der Waals surface area contributed by atoms with E-state index in [1.165, 1.54) is 0 Å². The Kier molecular flexibility index (Phi) is 1.44. The van der Waals surface area contributed by atoms with Gasteiger partial charge in [0.2, 0.25) is 0 Å². The zero-order valence-electron chi connectivity index (χ0n) is 6.31. The monoisotopic (exact) mass is 142 g/mol. The number of hydrogen-bond donors (Lipinski definition) is 2. The van der Waals surface area contributed by atoms with Crippen LogP contribution in [0.1, 0.15) is 6.92 Å². The van der Waals surface area contributed by atoms with Gasteiger partial charge in [-0.3, -0.25) is 0 Å². The molecule has 0 aromatic carbocycles. The molecule has 2 saturated heterocycles. The molecule has 0 aromatic rings. The van der Waals surface area contributed by atoms with Crippen LogP contribution in [0.25, 0.3) is 0 Å². The average Bonchev–Trinajstić information content (AvgIpc) is 1.85. The van der Waals surface area contributed by atoms with Gasteiger partial charge in [0.25, 0.3) is 0 Å². The highest BCUT2D eigenvalue weighted by molar-refractivity contribution is 5.00. The number of piperazine rings is 1. The van der Waals surface area contributed by atoms with Crippen molar-refractivity contribution >= 4 is 0 Å². The predicted molar refractivity (Wildman–Crippen MR) is 39.0 cm³/mol. The lowest BCUT2D eigenvalue weighted by Crippen LogP contribution is -2.72. The molecule has 2 N–H and O–H groups in total. The molecule has 0 bridgehead atoms. The van der Waals surface area contributed by atoms with Crippen LogP contribution in [0.15, 0.2) is 0 Å². The third-order valence-corrected chi connectivity index (χ3v) is 2.22. The fraction of sp³-hybridized carbons (Fsp3) is 1.00. The van der Waals surface area contributed by atoms with Crippen LogP contribution in [0.2, 0.25) is 0 Å². The number of ether oxygens (including phenoxy) is 1. The van der Waals surface area contributed by atoms with Crippen molar-refractivity contribution in [1.29, 1.82) is 0 Å². The minimum absolute atomic E-state index is 0.289. The Labute approximate surface area is 61.1 Å². The maximum absolute atomic E-state index is 5.16. The van der Waals surface area contributed by atoms with Gasteiger partial charge in [-0.15, -0.1) is 0 Å². The van der Waals surface area contributed by atoms with Crippen molar-refractivity contribution in [2.24, 2.45) is 0 Å². The highest BCUT2D eigenvalue weighted by Gasteiger charge is 2.41. The normalized spacial score (nSPS) is 37.5. The van der Waals surface area contributed by atoms with Gasteiger partial charge < -0.3 is 15.4 Å². The van der Waals surface area contributed by atoms with Gasteiger partial charge in [-0.25, -0.2) is 0 Å². The van der Waals surface area contributed by atoms with Gasteiger partial charge in [-0.05, 0) is 6.92 Å². The summed E-state index contributed by atoms with van der Waals surface area (Å²) in [6.45, 7) is 6.11. The average molecular weight is 142 g/mol. The van der Waals surface area contributed by atoms with E-state index in [1.54, 1.807) is 0 Å². The summed E-state index contributed by atoms with van der Waals surface area (Å²) in [7, 11) is 0. The minimum atomic E-state index is 0.289. The molecule has 0 amide bonds. The third-order valence-electron chi connectivity index (χ3n) is 2.22. The third kappa shape index (κ3) is 0.944. The van der Waals surface area contributed by atoms with E-state index in [4.69, 9.17) is 4.74 Å². The molecule has 2 aliphatic rings. The second kappa shape index (κ2) is 2.19. The van der Waals surface area contributed by atoms with Crippen molar-refractivity contribution < 1.29 is 4.74 Å². The highest BCUT2D eigenvalue weighted by atomic mass is 16.5. The first kappa shape index (κ1) is 6.58. The molecule has 1 atom stereocenters. The summed E-state index contributed by atoms with van der Waals surface area (Å²) in [5.74, 6) is 0. The molecule has 0 saturated carbocycles. The lowest BCUT2D eigenvalue weighted by molar-refractivity contribution is -0.0851. The maximum atomic E-state index is 5.16. The lowest BCUT2D eigenvalue weighted by atomic mass is 9.94. The van der Waals surface area contributed by atoms with E-state index >= 15 is 0 Å². The van der Waals surface area contributed by atoms with Gasteiger partial charge in [-0.2, -0.15) is 0 Å². The number of rotatable bonds is 0. The summed E-state index contributed by atoms with van der Waals surface area (Å²) in [5.41, 5.74) is 0.289. The van der Waals surface area contributed by atoms with Gasteiger partial charge in [0, 0.05) is 19.1 Å². The van der Waals surface area contributed by atoms with Gasteiger partial charge in [-0.1, -0.05) is 0 Å². The fourth-order valence-electron chi connectivity index (χ4n) is 1.69.